The van der Waals surface area contributed by atoms with Crippen LogP contribution >= 0.6 is 0 Å². The summed E-state index contributed by atoms with van der Waals surface area (Å²) >= 11 is 0. The van der Waals surface area contributed by atoms with Crippen molar-refractivity contribution in [3.8, 4) is 0 Å². The topological polar surface area (TPSA) is 45.2 Å². The number of carbonyl (C=O) groups is 1. The fraction of sp³-hybridized carbons (Fsp3) is 0.304. The van der Waals surface area contributed by atoms with Crippen molar-refractivity contribution in [3.05, 3.63) is 76.7 Å². The molecule has 1 aromatic heterocycles. The van der Waals surface area contributed by atoms with Gasteiger partial charge in [0.2, 0.25) is 0 Å². The van der Waals surface area contributed by atoms with E-state index in [-0.39, 0.29) is 17.8 Å². The van der Waals surface area contributed by atoms with Gasteiger partial charge in [0.1, 0.15) is 5.82 Å². The first-order chi connectivity index (χ1) is 13.4. The van der Waals surface area contributed by atoms with Crippen molar-refractivity contribution in [2.75, 3.05) is 20.6 Å². The van der Waals surface area contributed by atoms with E-state index in [1.807, 2.05) is 14.1 Å². The monoisotopic (exact) mass is 379 g/mol. The van der Waals surface area contributed by atoms with Gasteiger partial charge in [0, 0.05) is 18.0 Å². The van der Waals surface area contributed by atoms with Crippen LogP contribution in [-0.4, -0.2) is 36.4 Å². The predicted molar refractivity (Wildman–Crippen MR) is 111 cm³/mol. The molecule has 1 heterocycles. The molecule has 0 radical (unpaired) electrons. The summed E-state index contributed by atoms with van der Waals surface area (Å²) in [6, 6.07) is 14.7. The third kappa shape index (κ3) is 4.37. The van der Waals surface area contributed by atoms with Gasteiger partial charge in [0.05, 0.1) is 22.8 Å². The van der Waals surface area contributed by atoms with Crippen LogP contribution in [0.3, 0.4) is 0 Å². The number of carbonyl (C=O) groups excluding carboxylic acids is 1. The number of rotatable bonds is 6. The van der Waals surface area contributed by atoms with Crippen LogP contribution in [-0.2, 0) is 6.42 Å². The zero-order chi connectivity index (χ0) is 20.3. The quantitative estimate of drug-likeness (QED) is 0.695. The molecular formula is C23H26FN3O. The Hall–Kier alpha value is -2.79. The summed E-state index contributed by atoms with van der Waals surface area (Å²) in [4.78, 5) is 19.3. The zero-order valence-corrected chi connectivity index (χ0v) is 16.8. The highest BCUT2D eigenvalue weighted by Crippen LogP contribution is 2.20. The van der Waals surface area contributed by atoms with E-state index < -0.39 is 0 Å². The second-order valence-electron chi connectivity index (χ2n) is 7.24. The number of nitrogens with one attached hydrogen (secondary N) is 1. The molecule has 2 aromatic carbocycles. The predicted octanol–water partition coefficient (Wildman–Crippen LogP) is 4.28. The average Bonchev–Trinajstić information content (AvgIpc) is 2.67. The van der Waals surface area contributed by atoms with Crippen molar-refractivity contribution in [1.82, 2.24) is 15.2 Å². The first kappa shape index (κ1) is 20.0. The number of pyridine rings is 1. The van der Waals surface area contributed by atoms with Gasteiger partial charge in [-0.05, 0) is 56.8 Å². The molecule has 3 rings (SSSR count). The first-order valence-corrected chi connectivity index (χ1v) is 9.49. The number of hydrogen-bond acceptors (Lipinski definition) is 3. The van der Waals surface area contributed by atoms with Gasteiger partial charge >= 0.3 is 0 Å². The van der Waals surface area contributed by atoms with Gasteiger partial charge in [-0.1, -0.05) is 31.2 Å². The third-order valence-corrected chi connectivity index (χ3v) is 5.07. The van der Waals surface area contributed by atoms with Gasteiger partial charge < -0.3 is 10.2 Å². The molecule has 1 amide bonds. The normalized spacial score (nSPS) is 12.4. The van der Waals surface area contributed by atoms with E-state index in [4.69, 9.17) is 0 Å². The maximum absolute atomic E-state index is 13.4. The molecular weight excluding hydrogens is 353 g/mol. The Kier molecular flexibility index (Phi) is 6.05. The minimum Gasteiger partial charge on any atom is -0.350 e. The van der Waals surface area contributed by atoms with Gasteiger partial charge in [0.25, 0.3) is 5.91 Å². The SMILES string of the molecule is CCc1ccc(C(CNC(=O)c2cc3ccc(F)cc3nc2C)N(C)C)cc1. The Bertz CT molecular complexity index is 983. The molecule has 0 saturated carbocycles. The number of aryl methyl sites for hydroxylation is 2. The van der Waals surface area contributed by atoms with Crippen LogP contribution in [0, 0.1) is 12.7 Å². The molecule has 1 N–H and O–H groups in total. The van der Waals surface area contributed by atoms with Crippen molar-refractivity contribution < 1.29 is 9.18 Å². The molecule has 0 saturated heterocycles. The molecule has 1 unspecified atom stereocenters. The lowest BCUT2D eigenvalue weighted by atomic mass is 10.0. The standard InChI is InChI=1S/C23H26FN3O/c1-5-16-6-8-17(9-7-16)22(27(3)4)14-25-23(28)20-12-18-10-11-19(24)13-21(18)26-15(20)2/h6-13,22H,5,14H2,1-4H3,(H,25,28). The van der Waals surface area contributed by atoms with E-state index in [1.165, 1.54) is 17.7 Å². The average molecular weight is 379 g/mol. The maximum Gasteiger partial charge on any atom is 0.253 e. The highest BCUT2D eigenvalue weighted by molar-refractivity contribution is 5.98. The Morgan fingerprint density at radius 1 is 1.14 bits per heavy atom. The van der Waals surface area contributed by atoms with E-state index in [2.05, 4.69) is 46.4 Å². The molecule has 3 aromatic rings. The van der Waals surface area contributed by atoms with Gasteiger partial charge in [-0.3, -0.25) is 9.78 Å². The zero-order valence-electron chi connectivity index (χ0n) is 16.8. The number of nitrogens with zero attached hydrogens (tertiary/aromatic N) is 2. The minimum atomic E-state index is -0.334. The summed E-state index contributed by atoms with van der Waals surface area (Å²) in [6.07, 6.45) is 1.00. The van der Waals surface area contributed by atoms with Crippen LogP contribution in [0.4, 0.5) is 4.39 Å². The molecule has 0 spiro atoms. The van der Waals surface area contributed by atoms with Crippen molar-refractivity contribution in [3.63, 3.8) is 0 Å². The molecule has 1 atom stereocenters. The summed E-state index contributed by atoms with van der Waals surface area (Å²) in [5.74, 6) is -0.507. The largest absolute Gasteiger partial charge is 0.350 e. The van der Waals surface area contributed by atoms with E-state index >= 15 is 0 Å². The highest BCUT2D eigenvalue weighted by Gasteiger charge is 2.17. The number of amides is 1. The number of aromatic nitrogens is 1. The second-order valence-corrected chi connectivity index (χ2v) is 7.24. The summed E-state index contributed by atoms with van der Waals surface area (Å²) in [5.41, 5.74) is 4.10. The summed E-state index contributed by atoms with van der Waals surface area (Å²) in [5, 5.41) is 3.78. The van der Waals surface area contributed by atoms with Crippen LogP contribution < -0.4 is 5.32 Å². The van der Waals surface area contributed by atoms with Crippen molar-refractivity contribution in [2.24, 2.45) is 0 Å². The van der Waals surface area contributed by atoms with Crippen LogP contribution in [0.2, 0.25) is 0 Å². The van der Waals surface area contributed by atoms with Gasteiger partial charge in [0.15, 0.2) is 0 Å². The fourth-order valence-corrected chi connectivity index (χ4v) is 3.33. The fourth-order valence-electron chi connectivity index (χ4n) is 3.33. The Morgan fingerprint density at radius 2 is 1.86 bits per heavy atom. The van der Waals surface area contributed by atoms with E-state index in [9.17, 15) is 9.18 Å². The number of hydrogen-bond donors (Lipinski definition) is 1. The number of benzene rings is 2. The smallest absolute Gasteiger partial charge is 0.253 e. The molecule has 4 nitrogen and oxygen atoms in total. The maximum atomic E-state index is 13.4. The van der Waals surface area contributed by atoms with Gasteiger partial charge in [-0.15, -0.1) is 0 Å². The minimum absolute atomic E-state index is 0.0673. The molecule has 28 heavy (non-hydrogen) atoms. The van der Waals surface area contributed by atoms with Crippen molar-refractivity contribution in [1.29, 1.82) is 0 Å². The van der Waals surface area contributed by atoms with Crippen LogP contribution in [0.25, 0.3) is 10.9 Å². The third-order valence-electron chi connectivity index (χ3n) is 5.07. The molecule has 0 aliphatic carbocycles. The van der Waals surface area contributed by atoms with Gasteiger partial charge in [-0.2, -0.15) is 0 Å². The molecule has 146 valence electrons. The lowest BCUT2D eigenvalue weighted by Crippen LogP contribution is -2.35. The molecule has 0 fully saturated rings. The van der Waals surface area contributed by atoms with Crippen LogP contribution in [0.1, 0.15) is 40.1 Å². The van der Waals surface area contributed by atoms with E-state index in [0.29, 0.717) is 23.3 Å². The number of fused-ring (bicyclic) bond motifs is 1. The summed E-state index contributed by atoms with van der Waals surface area (Å²) in [6.45, 7) is 4.39. The first-order valence-electron chi connectivity index (χ1n) is 9.49. The number of halogens is 1. The molecule has 5 heteroatoms. The Balaban J connectivity index is 1.78. The lowest BCUT2D eigenvalue weighted by Gasteiger charge is -2.25. The lowest BCUT2D eigenvalue weighted by molar-refractivity contribution is 0.0941. The van der Waals surface area contributed by atoms with Crippen molar-refractivity contribution in [2.45, 2.75) is 26.3 Å². The summed E-state index contributed by atoms with van der Waals surface area (Å²) < 4.78 is 13.4. The molecule has 0 bridgehead atoms. The summed E-state index contributed by atoms with van der Waals surface area (Å²) in [7, 11) is 4.00. The number of likely N-dealkylation sites (N-methyl/N-ethyl adjacent to an activating group) is 1. The van der Waals surface area contributed by atoms with Crippen LogP contribution in [0.5, 0.6) is 0 Å². The van der Waals surface area contributed by atoms with E-state index in [0.717, 1.165) is 17.4 Å². The van der Waals surface area contributed by atoms with Crippen molar-refractivity contribution >= 4 is 16.8 Å². The van der Waals surface area contributed by atoms with E-state index in [1.54, 1.807) is 19.1 Å². The Labute approximate surface area is 165 Å². The molecule has 0 aliphatic heterocycles. The van der Waals surface area contributed by atoms with Crippen LogP contribution in [0.15, 0.2) is 48.5 Å². The Morgan fingerprint density at radius 3 is 2.50 bits per heavy atom. The second kappa shape index (κ2) is 8.48. The molecule has 0 aliphatic rings. The van der Waals surface area contributed by atoms with Gasteiger partial charge in [-0.25, -0.2) is 4.39 Å². The highest BCUT2D eigenvalue weighted by atomic mass is 19.1.